The van der Waals surface area contributed by atoms with Crippen molar-refractivity contribution in [3.05, 3.63) is 0 Å². The van der Waals surface area contributed by atoms with E-state index >= 15 is 0 Å². The monoisotopic (exact) mass is 595 g/mol. The molecule has 3 heteroatoms. The molecule has 0 amide bonds. The standard InChI is InChI=1S/3C13H26O/c3*1-7-12-10(5)9(4)11(6)13(14-12)8(2)3/h3*8-13H,7H2,1-6H3/t9-,10+,11?,12?,13?;9-,10+,11?,12?,13+;9-,10+,11?,12?,13-/m111/s1. The van der Waals surface area contributed by atoms with E-state index in [1.54, 1.807) is 0 Å². The fourth-order valence-electron chi connectivity index (χ4n) is 8.40. The van der Waals surface area contributed by atoms with Crippen LogP contribution in [-0.4, -0.2) is 36.6 Å². The van der Waals surface area contributed by atoms with Crippen molar-refractivity contribution in [1.82, 2.24) is 0 Å². The summed E-state index contributed by atoms with van der Waals surface area (Å²) in [6.07, 6.45) is 6.30. The predicted octanol–water partition coefficient (Wildman–Crippen LogP) is 11.2. The molecule has 0 aromatic carbocycles. The second-order valence-electron chi connectivity index (χ2n) is 16.1. The summed E-state index contributed by atoms with van der Waals surface area (Å²) in [6, 6.07) is 0. The van der Waals surface area contributed by atoms with Crippen molar-refractivity contribution in [2.75, 3.05) is 0 Å². The van der Waals surface area contributed by atoms with E-state index < -0.39 is 0 Å². The van der Waals surface area contributed by atoms with Crippen LogP contribution in [0.2, 0.25) is 0 Å². The van der Waals surface area contributed by atoms with Crippen LogP contribution < -0.4 is 0 Å². The van der Waals surface area contributed by atoms with Crippen molar-refractivity contribution in [3.63, 3.8) is 0 Å². The zero-order valence-electron chi connectivity index (χ0n) is 31.7. The minimum absolute atomic E-state index is 0.464. The first-order chi connectivity index (χ1) is 19.5. The molecule has 0 aromatic heterocycles. The van der Waals surface area contributed by atoms with Crippen molar-refractivity contribution < 1.29 is 14.2 Å². The quantitative estimate of drug-likeness (QED) is 0.306. The molecule has 0 saturated carbocycles. The van der Waals surface area contributed by atoms with Gasteiger partial charge >= 0.3 is 0 Å². The van der Waals surface area contributed by atoms with Crippen LogP contribution in [0.5, 0.6) is 0 Å². The van der Waals surface area contributed by atoms with Crippen LogP contribution in [0, 0.1) is 71.0 Å². The number of rotatable bonds is 6. The number of ether oxygens (including phenoxy) is 3. The Labute approximate surface area is 265 Å². The Morgan fingerprint density at radius 2 is 0.524 bits per heavy atom. The van der Waals surface area contributed by atoms with Gasteiger partial charge in [0.15, 0.2) is 0 Å². The Hall–Kier alpha value is -0.120. The van der Waals surface area contributed by atoms with Gasteiger partial charge in [-0.05, 0) is 90.3 Å². The van der Waals surface area contributed by atoms with Crippen LogP contribution in [-0.2, 0) is 14.2 Å². The minimum atomic E-state index is 0.464. The zero-order valence-corrected chi connectivity index (χ0v) is 31.7. The molecule has 7 unspecified atom stereocenters. The highest BCUT2D eigenvalue weighted by Crippen LogP contribution is 2.40. The van der Waals surface area contributed by atoms with Crippen LogP contribution in [0.4, 0.5) is 0 Å². The van der Waals surface area contributed by atoms with Gasteiger partial charge in [0.1, 0.15) is 0 Å². The molecule has 0 aliphatic carbocycles. The molecule has 3 nitrogen and oxygen atoms in total. The van der Waals surface area contributed by atoms with E-state index in [0.29, 0.717) is 89.9 Å². The summed E-state index contributed by atoms with van der Waals surface area (Å²) in [7, 11) is 0. The lowest BCUT2D eigenvalue weighted by atomic mass is 9.73. The van der Waals surface area contributed by atoms with Gasteiger partial charge in [-0.2, -0.15) is 0 Å². The molecule has 252 valence electrons. The Morgan fingerprint density at radius 3 is 0.667 bits per heavy atom. The summed E-state index contributed by atoms with van der Waals surface area (Å²) < 4.78 is 18.6. The van der Waals surface area contributed by atoms with Crippen LogP contribution >= 0.6 is 0 Å². The number of hydrogen-bond donors (Lipinski definition) is 0. The smallest absolute Gasteiger partial charge is 0.0630 e. The average molecular weight is 595 g/mol. The van der Waals surface area contributed by atoms with E-state index in [1.165, 1.54) is 0 Å². The van der Waals surface area contributed by atoms with E-state index in [4.69, 9.17) is 14.2 Å². The van der Waals surface area contributed by atoms with Crippen LogP contribution in [0.15, 0.2) is 0 Å². The highest BCUT2D eigenvalue weighted by molar-refractivity contribution is 4.88. The normalized spacial score (nSPS) is 44.4. The van der Waals surface area contributed by atoms with Gasteiger partial charge in [0, 0.05) is 0 Å². The van der Waals surface area contributed by atoms with Crippen LogP contribution in [0.1, 0.15) is 144 Å². The lowest BCUT2D eigenvalue weighted by Gasteiger charge is -2.45. The molecule has 0 bridgehead atoms. The van der Waals surface area contributed by atoms with Crippen molar-refractivity contribution in [3.8, 4) is 0 Å². The minimum Gasteiger partial charge on any atom is -0.374 e. The van der Waals surface area contributed by atoms with E-state index in [0.717, 1.165) is 37.0 Å². The molecule has 3 aliphatic heterocycles. The second-order valence-corrected chi connectivity index (χ2v) is 16.1. The average Bonchev–Trinajstić information content (AvgIpc) is 2.94. The molecule has 3 saturated heterocycles. The molecule has 3 rings (SSSR count). The Kier molecular flexibility index (Phi) is 17.2. The molecule has 0 spiro atoms. The third kappa shape index (κ3) is 9.94. The highest BCUT2D eigenvalue weighted by Gasteiger charge is 2.41. The Bertz CT molecular complexity index is 617. The molecule has 3 heterocycles. The maximum Gasteiger partial charge on any atom is 0.0630 e. The van der Waals surface area contributed by atoms with Crippen LogP contribution in [0.25, 0.3) is 0 Å². The SMILES string of the molecule is CCC1OC(C(C)C)C(C)[C@H](C)[C@@H]1C.CCC1O[C@@H](C(C)C)C(C)[C@H](C)[C@@H]1C.CCC1O[C@H](C(C)C)C(C)[C@H](C)[C@@H]1C. The van der Waals surface area contributed by atoms with E-state index in [-0.39, 0.29) is 0 Å². The van der Waals surface area contributed by atoms with Crippen molar-refractivity contribution in [1.29, 1.82) is 0 Å². The summed E-state index contributed by atoms with van der Waals surface area (Å²) in [5, 5.41) is 0. The third-order valence-electron chi connectivity index (χ3n) is 12.5. The Morgan fingerprint density at radius 1 is 0.333 bits per heavy atom. The van der Waals surface area contributed by atoms with Crippen molar-refractivity contribution >= 4 is 0 Å². The highest BCUT2D eigenvalue weighted by atomic mass is 16.5. The zero-order chi connectivity index (χ0) is 32.6. The summed E-state index contributed by atoms with van der Waals surface area (Å²) in [6.45, 7) is 41.6. The van der Waals surface area contributed by atoms with Gasteiger partial charge in [-0.1, -0.05) is 125 Å². The molecular formula is C39H78O3. The third-order valence-corrected chi connectivity index (χ3v) is 12.5. The lowest BCUT2D eigenvalue weighted by Crippen LogP contribution is -2.46. The fourth-order valence-corrected chi connectivity index (χ4v) is 8.40. The Balaban J connectivity index is 0.000000315. The molecular weight excluding hydrogens is 516 g/mol. The van der Waals surface area contributed by atoms with Crippen molar-refractivity contribution in [2.24, 2.45) is 71.0 Å². The van der Waals surface area contributed by atoms with Gasteiger partial charge < -0.3 is 14.2 Å². The first-order valence-corrected chi connectivity index (χ1v) is 18.4. The van der Waals surface area contributed by atoms with Gasteiger partial charge in [-0.3, -0.25) is 0 Å². The summed E-state index contributed by atoms with van der Waals surface area (Å²) in [4.78, 5) is 0. The lowest BCUT2D eigenvalue weighted by molar-refractivity contribution is -0.150. The van der Waals surface area contributed by atoms with Gasteiger partial charge in [-0.15, -0.1) is 0 Å². The maximum atomic E-state index is 6.19. The van der Waals surface area contributed by atoms with Gasteiger partial charge in [-0.25, -0.2) is 0 Å². The largest absolute Gasteiger partial charge is 0.374 e. The maximum absolute atomic E-state index is 6.19. The van der Waals surface area contributed by atoms with Gasteiger partial charge in [0.05, 0.1) is 36.6 Å². The fraction of sp³-hybridized carbons (Fsp3) is 1.00. The van der Waals surface area contributed by atoms with Gasteiger partial charge in [0.2, 0.25) is 0 Å². The summed E-state index contributed by atoms with van der Waals surface area (Å²) in [5.74, 6) is 8.56. The molecule has 0 aromatic rings. The molecule has 0 radical (unpaired) electrons. The topological polar surface area (TPSA) is 27.7 Å². The predicted molar refractivity (Wildman–Crippen MR) is 184 cm³/mol. The molecule has 0 N–H and O–H groups in total. The van der Waals surface area contributed by atoms with Crippen molar-refractivity contribution in [2.45, 2.75) is 181 Å². The first-order valence-electron chi connectivity index (χ1n) is 18.4. The summed E-state index contributed by atoms with van der Waals surface area (Å²) >= 11 is 0. The van der Waals surface area contributed by atoms with Gasteiger partial charge in [0.25, 0.3) is 0 Å². The second kappa shape index (κ2) is 18.1. The first kappa shape index (κ1) is 39.9. The molecule has 42 heavy (non-hydrogen) atoms. The van der Waals surface area contributed by atoms with Crippen LogP contribution in [0.3, 0.4) is 0 Å². The molecule has 3 aliphatic rings. The molecule has 3 fully saturated rings. The molecule has 15 atom stereocenters. The number of hydrogen-bond acceptors (Lipinski definition) is 3. The summed E-state index contributed by atoms with van der Waals surface area (Å²) in [5.41, 5.74) is 0. The van der Waals surface area contributed by atoms with E-state index in [2.05, 4.69) is 125 Å². The van der Waals surface area contributed by atoms with E-state index in [1.807, 2.05) is 0 Å². The van der Waals surface area contributed by atoms with E-state index in [9.17, 15) is 0 Å².